The third-order valence-corrected chi connectivity index (χ3v) is 7.12. The van der Waals surface area contributed by atoms with E-state index in [1.54, 1.807) is 95.3 Å². The van der Waals surface area contributed by atoms with Gasteiger partial charge in [-0.15, -0.1) is 0 Å². The summed E-state index contributed by atoms with van der Waals surface area (Å²) in [7, 11) is 0. The van der Waals surface area contributed by atoms with E-state index in [0.717, 1.165) is 0 Å². The fourth-order valence-electron chi connectivity index (χ4n) is 4.91. The predicted octanol–water partition coefficient (Wildman–Crippen LogP) is 3.26. The topological polar surface area (TPSA) is 208 Å². The number of carbonyl (C=O) groups excluding carboxylic acids is 3. The molecule has 0 saturated heterocycles. The number of benzene rings is 2. The van der Waals surface area contributed by atoms with Crippen molar-refractivity contribution < 1.29 is 48.8 Å². The quantitative estimate of drug-likeness (QED) is 0.147. The molecule has 0 fully saturated rings. The first kappa shape index (κ1) is 38.2. The van der Waals surface area contributed by atoms with Crippen LogP contribution in [0.1, 0.15) is 58.6 Å². The number of aliphatic carboxylic acids is 3. The van der Waals surface area contributed by atoms with Gasteiger partial charge in [-0.1, -0.05) is 74.5 Å². The zero-order valence-electron chi connectivity index (χ0n) is 27.3. The van der Waals surface area contributed by atoms with Gasteiger partial charge in [0.25, 0.3) is 0 Å². The smallest absolute Gasteiger partial charge is 0.408 e. The molecule has 6 N–H and O–H groups in total. The fourth-order valence-corrected chi connectivity index (χ4v) is 4.91. The molecular formula is C34H45N3O10. The standard InChI is InChI=1S/C34H45N3O10/c1-20(2)16-26(32(44)45)35-29(39)27(24(31(42)43)18-22-14-10-7-11-15-22)37-28(38)25(36-33(46)47-34(3,4)5)19-23(30(40)41)17-21-12-8-6-9-13-21/h6-15,20,23-27H,16-19H2,1-5H3,(H,35,39)(H,36,46)(H,37,38)(H,40,41)(H,42,43)(H,44,45)/t23?,24?,25-,26-,27-/m0/s1. The van der Waals surface area contributed by atoms with Crippen molar-refractivity contribution in [2.75, 3.05) is 0 Å². The van der Waals surface area contributed by atoms with Gasteiger partial charge in [-0.2, -0.15) is 0 Å². The van der Waals surface area contributed by atoms with Crippen molar-refractivity contribution in [2.24, 2.45) is 17.8 Å². The lowest BCUT2D eigenvalue weighted by atomic mass is 9.89. The lowest BCUT2D eigenvalue weighted by Crippen LogP contribution is -2.60. The van der Waals surface area contributed by atoms with E-state index in [1.165, 1.54) is 0 Å². The first-order valence-corrected chi connectivity index (χ1v) is 15.3. The van der Waals surface area contributed by atoms with Crippen LogP contribution in [0.4, 0.5) is 4.79 Å². The van der Waals surface area contributed by atoms with Gasteiger partial charge in [0.1, 0.15) is 23.7 Å². The Labute approximate surface area is 274 Å². The van der Waals surface area contributed by atoms with Gasteiger partial charge in [0.2, 0.25) is 11.8 Å². The van der Waals surface area contributed by atoms with E-state index in [4.69, 9.17) is 4.74 Å². The number of amides is 3. The zero-order chi connectivity index (χ0) is 35.3. The summed E-state index contributed by atoms with van der Waals surface area (Å²) in [6, 6.07) is 12.2. The lowest BCUT2D eigenvalue weighted by Gasteiger charge is -2.29. The van der Waals surface area contributed by atoms with Crippen LogP contribution in [0.15, 0.2) is 60.7 Å². The highest BCUT2D eigenvalue weighted by Gasteiger charge is 2.39. The summed E-state index contributed by atoms with van der Waals surface area (Å²) in [5.74, 6) is -9.07. The number of carboxylic acids is 3. The second kappa shape index (κ2) is 17.7. The maximum absolute atomic E-state index is 13.9. The third-order valence-electron chi connectivity index (χ3n) is 7.12. The Hall–Kier alpha value is -4.94. The van der Waals surface area contributed by atoms with E-state index >= 15 is 0 Å². The average molecular weight is 656 g/mol. The number of nitrogens with one attached hydrogen (secondary N) is 3. The maximum Gasteiger partial charge on any atom is 0.408 e. The molecule has 0 aliphatic carbocycles. The van der Waals surface area contributed by atoms with Crippen LogP contribution in [0.25, 0.3) is 0 Å². The number of rotatable bonds is 17. The van der Waals surface area contributed by atoms with E-state index in [0.29, 0.717) is 11.1 Å². The van der Waals surface area contributed by atoms with Gasteiger partial charge in [0.15, 0.2) is 0 Å². The van der Waals surface area contributed by atoms with Crippen molar-refractivity contribution in [1.82, 2.24) is 16.0 Å². The minimum atomic E-state index is -1.81. The fraction of sp³-hybridized carbons (Fsp3) is 0.471. The molecule has 2 rings (SSSR count). The second-order valence-electron chi connectivity index (χ2n) is 12.8. The van der Waals surface area contributed by atoms with Crippen molar-refractivity contribution in [3.8, 4) is 0 Å². The minimum Gasteiger partial charge on any atom is -0.481 e. The Morgan fingerprint density at radius 2 is 1.19 bits per heavy atom. The molecule has 2 aromatic carbocycles. The molecule has 3 amide bonds. The van der Waals surface area contributed by atoms with Crippen LogP contribution in [0.5, 0.6) is 0 Å². The maximum atomic E-state index is 13.9. The molecule has 2 aromatic rings. The van der Waals surface area contributed by atoms with Crippen molar-refractivity contribution >= 4 is 35.8 Å². The number of carbonyl (C=O) groups is 6. The molecule has 5 atom stereocenters. The minimum absolute atomic E-state index is 0.00111. The van der Waals surface area contributed by atoms with Crippen molar-refractivity contribution in [1.29, 1.82) is 0 Å². The molecule has 0 aromatic heterocycles. The number of hydrogen-bond donors (Lipinski definition) is 6. The highest BCUT2D eigenvalue weighted by molar-refractivity contribution is 5.95. The Kier molecular flexibility index (Phi) is 14.4. The molecule has 13 nitrogen and oxygen atoms in total. The van der Waals surface area contributed by atoms with Gasteiger partial charge in [-0.3, -0.25) is 19.2 Å². The van der Waals surface area contributed by atoms with Gasteiger partial charge < -0.3 is 36.0 Å². The first-order valence-electron chi connectivity index (χ1n) is 15.3. The van der Waals surface area contributed by atoms with Crippen LogP contribution in [-0.2, 0) is 41.6 Å². The summed E-state index contributed by atoms with van der Waals surface area (Å²) in [5.41, 5.74) is 0.212. The van der Waals surface area contributed by atoms with Crippen LogP contribution >= 0.6 is 0 Å². The monoisotopic (exact) mass is 655 g/mol. The molecule has 0 aliphatic rings. The highest BCUT2D eigenvalue weighted by Crippen LogP contribution is 2.19. The summed E-state index contributed by atoms with van der Waals surface area (Å²) < 4.78 is 5.30. The SMILES string of the molecule is CC(C)C[C@H](NC(=O)[C@@H](NC(=O)[C@H](CC(Cc1ccccc1)C(=O)O)NC(=O)OC(C)(C)C)C(Cc1ccccc1)C(=O)O)C(=O)O. The molecular weight excluding hydrogens is 610 g/mol. The summed E-state index contributed by atoms with van der Waals surface area (Å²) >= 11 is 0. The van der Waals surface area contributed by atoms with E-state index in [2.05, 4.69) is 16.0 Å². The van der Waals surface area contributed by atoms with Crippen LogP contribution in [0, 0.1) is 17.8 Å². The first-order chi connectivity index (χ1) is 22.0. The van der Waals surface area contributed by atoms with E-state index in [-0.39, 0.29) is 25.2 Å². The number of ether oxygens (including phenoxy) is 1. The van der Waals surface area contributed by atoms with Gasteiger partial charge in [-0.25, -0.2) is 9.59 Å². The summed E-state index contributed by atoms with van der Waals surface area (Å²) in [6.45, 7) is 8.27. The largest absolute Gasteiger partial charge is 0.481 e. The molecule has 0 spiro atoms. The molecule has 0 aliphatic heterocycles. The van der Waals surface area contributed by atoms with Crippen LogP contribution in [0.2, 0.25) is 0 Å². The number of carboxylic acid groups (broad SMARTS) is 3. The second-order valence-corrected chi connectivity index (χ2v) is 12.8. The van der Waals surface area contributed by atoms with E-state index < -0.39 is 77.8 Å². The van der Waals surface area contributed by atoms with Crippen LogP contribution < -0.4 is 16.0 Å². The molecule has 256 valence electrons. The van der Waals surface area contributed by atoms with Crippen molar-refractivity contribution in [3.63, 3.8) is 0 Å². The zero-order valence-corrected chi connectivity index (χ0v) is 27.3. The Morgan fingerprint density at radius 3 is 1.64 bits per heavy atom. The Balaban J connectivity index is 2.52. The Bertz CT molecular complexity index is 1380. The Morgan fingerprint density at radius 1 is 0.660 bits per heavy atom. The molecule has 0 saturated carbocycles. The number of alkyl carbamates (subject to hydrolysis) is 1. The molecule has 13 heteroatoms. The lowest BCUT2D eigenvalue weighted by molar-refractivity contribution is -0.147. The van der Waals surface area contributed by atoms with E-state index in [9.17, 15) is 44.1 Å². The normalized spacial score (nSPS) is 14.5. The molecule has 2 unspecified atom stereocenters. The van der Waals surface area contributed by atoms with Gasteiger partial charge >= 0.3 is 24.0 Å². The summed E-state index contributed by atoms with van der Waals surface area (Å²) in [4.78, 5) is 77.2. The average Bonchev–Trinajstić information content (AvgIpc) is 2.97. The number of hydrogen-bond acceptors (Lipinski definition) is 7. The molecule has 47 heavy (non-hydrogen) atoms. The van der Waals surface area contributed by atoms with E-state index in [1.807, 2.05) is 0 Å². The third kappa shape index (κ3) is 13.5. The summed E-state index contributed by atoms with van der Waals surface area (Å²) in [6.07, 6.45) is -1.66. The highest BCUT2D eigenvalue weighted by atomic mass is 16.6. The molecule has 0 heterocycles. The van der Waals surface area contributed by atoms with Crippen LogP contribution in [-0.4, -0.2) is 74.9 Å². The van der Waals surface area contributed by atoms with Gasteiger partial charge in [0.05, 0.1) is 11.8 Å². The van der Waals surface area contributed by atoms with Gasteiger partial charge in [-0.05, 0) is 63.5 Å². The van der Waals surface area contributed by atoms with Crippen molar-refractivity contribution in [2.45, 2.75) is 84.0 Å². The van der Waals surface area contributed by atoms with Gasteiger partial charge in [0, 0.05) is 0 Å². The van der Waals surface area contributed by atoms with Crippen LogP contribution in [0.3, 0.4) is 0 Å². The molecule has 0 radical (unpaired) electrons. The van der Waals surface area contributed by atoms with Crippen molar-refractivity contribution in [3.05, 3.63) is 71.8 Å². The molecule has 0 bridgehead atoms. The summed E-state index contributed by atoms with van der Waals surface area (Å²) in [5, 5.41) is 37.1. The predicted molar refractivity (Wildman–Crippen MR) is 171 cm³/mol.